The van der Waals surface area contributed by atoms with Crippen molar-refractivity contribution in [2.75, 3.05) is 32.3 Å². The Morgan fingerprint density at radius 3 is 2.56 bits per heavy atom. The maximum absolute atomic E-state index is 12.7. The highest BCUT2D eigenvalue weighted by Crippen LogP contribution is 2.34. The largest absolute Gasteiger partial charge is 0.497 e. The summed E-state index contributed by atoms with van der Waals surface area (Å²) in [5, 5.41) is 5.13. The third kappa shape index (κ3) is 4.69. The number of benzene rings is 3. The van der Waals surface area contributed by atoms with Crippen molar-refractivity contribution in [1.29, 1.82) is 0 Å². The van der Waals surface area contributed by atoms with E-state index in [9.17, 15) is 9.59 Å². The van der Waals surface area contributed by atoms with E-state index in [2.05, 4.69) is 5.32 Å². The SMILES string of the molecule is COc1ccc2cc(C=CC(=O)N3CCC(C(=O)Nc4ccc5c(c4)OCO5)CC3)ccc2c1. The van der Waals surface area contributed by atoms with E-state index in [-0.39, 0.29) is 24.5 Å². The van der Waals surface area contributed by atoms with Crippen LogP contribution >= 0.6 is 0 Å². The summed E-state index contributed by atoms with van der Waals surface area (Å²) in [6.07, 6.45) is 4.71. The number of rotatable bonds is 5. The molecule has 5 rings (SSSR count). The summed E-state index contributed by atoms with van der Waals surface area (Å²) in [7, 11) is 1.65. The number of anilines is 1. The highest BCUT2D eigenvalue weighted by Gasteiger charge is 2.27. The number of piperidine rings is 1. The van der Waals surface area contributed by atoms with E-state index in [1.165, 1.54) is 0 Å². The Morgan fingerprint density at radius 1 is 0.971 bits per heavy atom. The Balaban J connectivity index is 1.14. The highest BCUT2D eigenvalue weighted by atomic mass is 16.7. The van der Waals surface area contributed by atoms with Crippen LogP contribution in [0.3, 0.4) is 0 Å². The molecule has 0 unspecified atom stereocenters. The van der Waals surface area contributed by atoms with Crippen molar-refractivity contribution in [3.8, 4) is 17.2 Å². The summed E-state index contributed by atoms with van der Waals surface area (Å²) >= 11 is 0. The van der Waals surface area contributed by atoms with Gasteiger partial charge in [-0.1, -0.05) is 18.2 Å². The number of nitrogens with one attached hydrogen (secondary N) is 1. The van der Waals surface area contributed by atoms with Crippen LogP contribution < -0.4 is 19.5 Å². The van der Waals surface area contributed by atoms with Crippen LogP contribution in [0.25, 0.3) is 16.8 Å². The van der Waals surface area contributed by atoms with Gasteiger partial charge in [-0.15, -0.1) is 0 Å². The summed E-state index contributed by atoms with van der Waals surface area (Å²) in [6, 6.07) is 17.3. The van der Waals surface area contributed by atoms with Gasteiger partial charge in [0.05, 0.1) is 7.11 Å². The van der Waals surface area contributed by atoms with Crippen molar-refractivity contribution in [2.24, 2.45) is 5.92 Å². The first-order valence-corrected chi connectivity index (χ1v) is 11.3. The average Bonchev–Trinajstić information content (AvgIpc) is 3.35. The molecule has 2 heterocycles. The summed E-state index contributed by atoms with van der Waals surface area (Å²) in [6.45, 7) is 1.31. The van der Waals surface area contributed by atoms with Gasteiger partial charge in [-0.05, 0) is 65.6 Å². The second-order valence-corrected chi connectivity index (χ2v) is 8.46. The maximum Gasteiger partial charge on any atom is 0.246 e. The van der Waals surface area contributed by atoms with E-state index in [0.29, 0.717) is 43.1 Å². The molecule has 2 aliphatic rings. The number of likely N-dealkylation sites (tertiary alicyclic amines) is 1. The molecule has 3 aromatic rings. The van der Waals surface area contributed by atoms with Crippen molar-refractivity contribution < 1.29 is 23.8 Å². The molecule has 1 saturated heterocycles. The number of carbonyl (C=O) groups excluding carboxylic acids is 2. The number of fused-ring (bicyclic) bond motifs is 2. The van der Waals surface area contributed by atoms with Gasteiger partial charge in [0.15, 0.2) is 11.5 Å². The smallest absolute Gasteiger partial charge is 0.246 e. The van der Waals surface area contributed by atoms with E-state index in [0.717, 1.165) is 22.1 Å². The molecular formula is C27H26N2O5. The van der Waals surface area contributed by atoms with Gasteiger partial charge in [0.25, 0.3) is 0 Å². The molecule has 0 saturated carbocycles. The Kier molecular flexibility index (Phi) is 6.08. The minimum atomic E-state index is -0.129. The number of hydrogen-bond acceptors (Lipinski definition) is 5. The van der Waals surface area contributed by atoms with E-state index < -0.39 is 0 Å². The van der Waals surface area contributed by atoms with E-state index in [1.54, 1.807) is 36.3 Å². The fourth-order valence-electron chi connectivity index (χ4n) is 4.33. The van der Waals surface area contributed by atoms with Gasteiger partial charge in [-0.3, -0.25) is 9.59 Å². The standard InChI is InChI=1S/C27H26N2O5/c1-32-23-7-5-20-14-18(2-4-21(20)15-23)3-9-26(30)29-12-10-19(11-13-29)27(31)28-22-6-8-24-25(16-22)34-17-33-24/h2-9,14-16,19H,10-13,17H2,1H3,(H,28,31). The van der Waals surface area contributed by atoms with Gasteiger partial charge < -0.3 is 24.4 Å². The molecule has 7 nitrogen and oxygen atoms in total. The quantitative estimate of drug-likeness (QED) is 0.571. The molecule has 1 fully saturated rings. The lowest BCUT2D eigenvalue weighted by Crippen LogP contribution is -2.40. The zero-order valence-electron chi connectivity index (χ0n) is 19.0. The molecule has 0 spiro atoms. The molecule has 2 aliphatic heterocycles. The molecule has 2 amide bonds. The van der Waals surface area contributed by atoms with Gasteiger partial charge in [0.2, 0.25) is 18.6 Å². The van der Waals surface area contributed by atoms with Crippen molar-refractivity contribution in [3.63, 3.8) is 0 Å². The molecule has 0 atom stereocenters. The van der Waals surface area contributed by atoms with Crippen LogP contribution in [0, 0.1) is 5.92 Å². The number of nitrogens with zero attached hydrogens (tertiary/aromatic N) is 1. The first-order valence-electron chi connectivity index (χ1n) is 11.3. The number of methoxy groups -OCH3 is 1. The Morgan fingerprint density at radius 2 is 1.74 bits per heavy atom. The Hall–Kier alpha value is -4.00. The van der Waals surface area contributed by atoms with Gasteiger partial charge in [-0.2, -0.15) is 0 Å². The van der Waals surface area contributed by atoms with Gasteiger partial charge in [0.1, 0.15) is 5.75 Å². The molecule has 174 valence electrons. The monoisotopic (exact) mass is 458 g/mol. The highest BCUT2D eigenvalue weighted by molar-refractivity contribution is 5.95. The summed E-state index contributed by atoms with van der Waals surface area (Å²) in [5.41, 5.74) is 1.65. The van der Waals surface area contributed by atoms with Crippen LogP contribution in [0.5, 0.6) is 17.2 Å². The Bertz CT molecular complexity index is 1260. The normalized spacial score (nSPS) is 15.6. The molecule has 1 N–H and O–H groups in total. The van der Waals surface area contributed by atoms with E-state index in [4.69, 9.17) is 14.2 Å². The van der Waals surface area contributed by atoms with Crippen molar-refractivity contribution in [2.45, 2.75) is 12.8 Å². The summed E-state index contributed by atoms with van der Waals surface area (Å²) in [5.74, 6) is 1.94. The first kappa shape index (κ1) is 21.8. The molecule has 34 heavy (non-hydrogen) atoms. The number of carbonyl (C=O) groups is 2. The Labute approximate surface area is 197 Å². The molecule has 0 bridgehead atoms. The van der Waals surface area contributed by atoms with Crippen LogP contribution in [0.2, 0.25) is 0 Å². The van der Waals surface area contributed by atoms with Gasteiger partial charge in [-0.25, -0.2) is 0 Å². The van der Waals surface area contributed by atoms with Crippen molar-refractivity contribution in [3.05, 3.63) is 66.2 Å². The van der Waals surface area contributed by atoms with Crippen LogP contribution in [0.15, 0.2) is 60.7 Å². The third-order valence-electron chi connectivity index (χ3n) is 6.31. The summed E-state index contributed by atoms with van der Waals surface area (Å²) < 4.78 is 15.9. The lowest BCUT2D eigenvalue weighted by Gasteiger charge is -2.30. The predicted molar refractivity (Wildman–Crippen MR) is 130 cm³/mol. The lowest BCUT2D eigenvalue weighted by atomic mass is 9.95. The van der Waals surface area contributed by atoms with Gasteiger partial charge >= 0.3 is 0 Å². The second-order valence-electron chi connectivity index (χ2n) is 8.46. The lowest BCUT2D eigenvalue weighted by molar-refractivity contribution is -0.130. The molecule has 0 radical (unpaired) electrons. The molecule has 3 aromatic carbocycles. The topological polar surface area (TPSA) is 77.1 Å². The molecule has 0 aromatic heterocycles. The van der Waals surface area contributed by atoms with E-state index in [1.807, 2.05) is 42.5 Å². The van der Waals surface area contributed by atoms with Crippen LogP contribution in [-0.4, -0.2) is 43.7 Å². The summed E-state index contributed by atoms with van der Waals surface area (Å²) in [4.78, 5) is 27.2. The van der Waals surface area contributed by atoms with Crippen LogP contribution in [-0.2, 0) is 9.59 Å². The number of ether oxygens (including phenoxy) is 3. The molecule has 7 heteroatoms. The van der Waals surface area contributed by atoms with Crippen LogP contribution in [0.4, 0.5) is 5.69 Å². The second kappa shape index (κ2) is 9.47. The fraction of sp³-hybridized carbons (Fsp3) is 0.259. The minimum absolute atomic E-state index is 0.0331. The molecular weight excluding hydrogens is 432 g/mol. The fourth-order valence-corrected chi connectivity index (χ4v) is 4.33. The third-order valence-corrected chi connectivity index (χ3v) is 6.31. The van der Waals surface area contributed by atoms with Crippen molar-refractivity contribution in [1.82, 2.24) is 4.90 Å². The predicted octanol–water partition coefficient (Wildman–Crippen LogP) is 4.47. The zero-order valence-corrected chi connectivity index (χ0v) is 19.0. The maximum atomic E-state index is 12.7. The van der Waals surface area contributed by atoms with Crippen LogP contribution in [0.1, 0.15) is 18.4 Å². The van der Waals surface area contributed by atoms with E-state index >= 15 is 0 Å². The van der Waals surface area contributed by atoms with Gasteiger partial charge in [0, 0.05) is 36.8 Å². The van der Waals surface area contributed by atoms with Crippen molar-refractivity contribution >= 4 is 34.4 Å². The average molecular weight is 459 g/mol. The number of amides is 2. The number of hydrogen-bond donors (Lipinski definition) is 1. The molecule has 0 aliphatic carbocycles. The minimum Gasteiger partial charge on any atom is -0.497 e. The first-order chi connectivity index (χ1) is 16.6. The zero-order chi connectivity index (χ0) is 23.5.